The summed E-state index contributed by atoms with van der Waals surface area (Å²) >= 11 is 0. The van der Waals surface area contributed by atoms with Crippen molar-refractivity contribution in [2.24, 2.45) is 5.92 Å². The van der Waals surface area contributed by atoms with E-state index in [1.54, 1.807) is 13.2 Å². The molecule has 3 fully saturated rings. The van der Waals surface area contributed by atoms with Gasteiger partial charge in [0.25, 0.3) is 0 Å². The van der Waals surface area contributed by atoms with Gasteiger partial charge in [-0.2, -0.15) is 0 Å². The fourth-order valence-electron chi connectivity index (χ4n) is 6.79. The third kappa shape index (κ3) is 1.82. The lowest BCUT2D eigenvalue weighted by atomic mass is 9.48. The highest BCUT2D eigenvalue weighted by molar-refractivity contribution is 5.70. The molecule has 2 bridgehead atoms. The lowest BCUT2D eigenvalue weighted by Gasteiger charge is -2.64. The number of benzene rings is 1. The molecule has 3 aliphatic carbocycles. The molecule has 5 atom stereocenters. The third-order valence-corrected chi connectivity index (χ3v) is 8.17. The van der Waals surface area contributed by atoms with Crippen molar-refractivity contribution in [1.29, 1.82) is 0 Å². The molecule has 2 aliphatic heterocycles. The quantitative estimate of drug-likeness (QED) is 0.698. The topological polar surface area (TPSA) is 88.2 Å². The number of aromatic hydroxyl groups is 1. The number of hydrogen-bond acceptors (Lipinski definition) is 6. The Morgan fingerprint density at radius 1 is 1.33 bits per heavy atom. The number of aliphatic hydroxyl groups is 1. The van der Waals surface area contributed by atoms with Gasteiger partial charge in [-0.1, -0.05) is 0 Å². The summed E-state index contributed by atoms with van der Waals surface area (Å²) in [7, 11) is 1.72. The Balaban J connectivity index is 1.58. The summed E-state index contributed by atoms with van der Waals surface area (Å²) in [6.45, 7) is 2.02. The smallest absolute Gasteiger partial charge is 0.165 e. The number of phenolic OH excluding ortho intramolecular Hbond substituents is 1. The average Bonchev–Trinajstić information content (AvgIpc) is 3.38. The molecule has 2 heterocycles. The number of hydrogen-bond donors (Lipinski definition) is 3. The lowest BCUT2D eigenvalue weighted by Crippen LogP contribution is -2.77. The zero-order chi connectivity index (χ0) is 18.6. The van der Waals surface area contributed by atoms with E-state index in [0.717, 1.165) is 49.4 Å². The van der Waals surface area contributed by atoms with E-state index < -0.39 is 11.0 Å². The first-order valence-electron chi connectivity index (χ1n) is 10.3. The van der Waals surface area contributed by atoms with Crippen molar-refractivity contribution >= 4 is 5.69 Å². The van der Waals surface area contributed by atoms with Crippen LogP contribution in [0.3, 0.4) is 0 Å². The molecule has 6 rings (SSSR count). The van der Waals surface area contributed by atoms with Crippen LogP contribution < -0.4 is 10.5 Å². The molecule has 0 unspecified atom stereocenters. The number of nitrogens with two attached hydrogens (primary N) is 1. The molecule has 0 amide bonds. The summed E-state index contributed by atoms with van der Waals surface area (Å²) in [6.07, 6.45) is 5.28. The molecule has 1 spiro atoms. The molecule has 27 heavy (non-hydrogen) atoms. The van der Waals surface area contributed by atoms with Gasteiger partial charge in [0.1, 0.15) is 6.10 Å². The van der Waals surface area contributed by atoms with Gasteiger partial charge >= 0.3 is 0 Å². The van der Waals surface area contributed by atoms with E-state index in [1.165, 1.54) is 12.8 Å². The minimum Gasteiger partial charge on any atom is -0.504 e. The third-order valence-electron chi connectivity index (χ3n) is 8.17. The first-order valence-corrected chi connectivity index (χ1v) is 10.3. The SMILES string of the molecule is CO[C@@H]1CC[C@@]2(O)[C@H]3Cc4c(N)cc(O)c5c4[C@@]2(CCN3CC2CC2)[C@H]1O5. The number of ether oxygens (including phenoxy) is 2. The fraction of sp³-hybridized carbons (Fsp3) is 0.714. The van der Waals surface area contributed by atoms with Crippen molar-refractivity contribution in [2.45, 2.75) is 67.8 Å². The highest BCUT2D eigenvalue weighted by Gasteiger charge is 2.73. The fourth-order valence-corrected chi connectivity index (χ4v) is 6.79. The molecule has 1 aromatic rings. The van der Waals surface area contributed by atoms with E-state index in [9.17, 15) is 10.2 Å². The second-order valence-corrected chi connectivity index (χ2v) is 9.32. The van der Waals surface area contributed by atoms with Gasteiger partial charge in [0.2, 0.25) is 0 Å². The number of rotatable bonds is 3. The highest BCUT2D eigenvalue weighted by Crippen LogP contribution is 2.66. The van der Waals surface area contributed by atoms with Crippen LogP contribution in [0, 0.1) is 5.92 Å². The van der Waals surface area contributed by atoms with E-state index in [2.05, 4.69) is 4.90 Å². The van der Waals surface area contributed by atoms with Crippen LogP contribution in [0.15, 0.2) is 6.07 Å². The molecule has 0 radical (unpaired) electrons. The van der Waals surface area contributed by atoms with Crippen molar-refractivity contribution in [3.8, 4) is 11.5 Å². The number of phenols is 1. The van der Waals surface area contributed by atoms with Gasteiger partial charge in [0, 0.05) is 37.0 Å². The molecule has 6 nitrogen and oxygen atoms in total. The highest BCUT2D eigenvalue weighted by atomic mass is 16.5. The van der Waals surface area contributed by atoms with E-state index in [1.807, 2.05) is 0 Å². The van der Waals surface area contributed by atoms with Crippen LogP contribution in [0.2, 0.25) is 0 Å². The van der Waals surface area contributed by atoms with Crippen LogP contribution in [0.25, 0.3) is 0 Å². The van der Waals surface area contributed by atoms with Gasteiger partial charge in [-0.25, -0.2) is 0 Å². The van der Waals surface area contributed by atoms with Crippen LogP contribution in [0.1, 0.15) is 43.2 Å². The van der Waals surface area contributed by atoms with E-state index >= 15 is 0 Å². The average molecular weight is 372 g/mol. The number of piperidine rings is 1. The molecule has 0 aromatic heterocycles. The Kier molecular flexibility index (Phi) is 3.11. The number of nitrogens with zero attached hydrogens (tertiary/aromatic N) is 1. The van der Waals surface area contributed by atoms with Crippen LogP contribution in [0.4, 0.5) is 5.69 Å². The van der Waals surface area contributed by atoms with E-state index in [4.69, 9.17) is 15.2 Å². The van der Waals surface area contributed by atoms with Gasteiger partial charge in [0.15, 0.2) is 11.5 Å². The summed E-state index contributed by atoms with van der Waals surface area (Å²) in [5.41, 5.74) is 7.63. The molecule has 2 saturated carbocycles. The zero-order valence-corrected chi connectivity index (χ0v) is 15.8. The van der Waals surface area contributed by atoms with E-state index in [-0.39, 0.29) is 24.0 Å². The standard InChI is InChI=1S/C21H28N2O4/c1-26-15-4-5-21(25)16-8-12-13(22)9-14(24)18-17(12)20(21,19(15)27-18)6-7-23(16)10-11-2-3-11/h9,11,15-16,19,24-25H,2-8,10,22H2,1H3/t15-,16-,19+,20+,21-/m1/s1. The second kappa shape index (κ2) is 5.10. The van der Waals surface area contributed by atoms with Gasteiger partial charge in [-0.3, -0.25) is 4.90 Å². The maximum atomic E-state index is 12.2. The summed E-state index contributed by atoms with van der Waals surface area (Å²) in [5.74, 6) is 1.40. The Morgan fingerprint density at radius 3 is 2.89 bits per heavy atom. The van der Waals surface area contributed by atoms with Gasteiger partial charge < -0.3 is 25.4 Å². The van der Waals surface area contributed by atoms with Crippen molar-refractivity contribution in [3.63, 3.8) is 0 Å². The lowest BCUT2D eigenvalue weighted by molar-refractivity contribution is -0.211. The number of anilines is 1. The first-order chi connectivity index (χ1) is 13.0. The summed E-state index contributed by atoms with van der Waals surface area (Å²) < 4.78 is 12.1. The van der Waals surface area contributed by atoms with Gasteiger partial charge in [-0.05, 0) is 56.6 Å². The predicted octanol–water partition coefficient (Wildman–Crippen LogP) is 1.55. The van der Waals surface area contributed by atoms with Crippen LogP contribution in [-0.4, -0.2) is 59.2 Å². The molecule has 4 N–H and O–H groups in total. The molecular formula is C21H28N2O4. The van der Waals surface area contributed by atoms with Gasteiger partial charge in [0.05, 0.1) is 17.1 Å². The molecular weight excluding hydrogens is 344 g/mol. The number of likely N-dealkylation sites (tertiary alicyclic amines) is 1. The van der Waals surface area contributed by atoms with Crippen molar-refractivity contribution in [2.75, 3.05) is 25.9 Å². The number of methoxy groups -OCH3 is 1. The summed E-state index contributed by atoms with van der Waals surface area (Å²) in [4.78, 5) is 2.51. The minimum absolute atomic E-state index is 0.0565. The monoisotopic (exact) mass is 372 g/mol. The Labute approximate surface area is 159 Å². The molecule has 146 valence electrons. The zero-order valence-electron chi connectivity index (χ0n) is 15.8. The Morgan fingerprint density at radius 2 is 2.15 bits per heavy atom. The summed E-state index contributed by atoms with van der Waals surface area (Å²) in [5, 5.41) is 22.8. The van der Waals surface area contributed by atoms with Crippen molar-refractivity contribution < 1.29 is 19.7 Å². The Hall–Kier alpha value is -1.50. The number of nitrogen functional groups attached to an aromatic ring is 1. The van der Waals surface area contributed by atoms with Crippen LogP contribution in [0.5, 0.6) is 11.5 Å². The van der Waals surface area contributed by atoms with Crippen molar-refractivity contribution in [3.05, 3.63) is 17.2 Å². The predicted molar refractivity (Wildman–Crippen MR) is 100 cm³/mol. The first kappa shape index (κ1) is 16.5. The normalized spacial score (nSPS) is 41.9. The molecule has 5 aliphatic rings. The van der Waals surface area contributed by atoms with E-state index in [0.29, 0.717) is 17.9 Å². The van der Waals surface area contributed by atoms with Crippen LogP contribution in [-0.2, 0) is 16.6 Å². The molecule has 1 aromatic carbocycles. The van der Waals surface area contributed by atoms with Crippen LogP contribution >= 0.6 is 0 Å². The second-order valence-electron chi connectivity index (χ2n) is 9.32. The van der Waals surface area contributed by atoms with Gasteiger partial charge in [-0.15, -0.1) is 0 Å². The van der Waals surface area contributed by atoms with Crippen molar-refractivity contribution in [1.82, 2.24) is 4.90 Å². The Bertz CT molecular complexity index is 825. The maximum Gasteiger partial charge on any atom is 0.165 e. The summed E-state index contributed by atoms with van der Waals surface area (Å²) in [6, 6.07) is 1.68. The minimum atomic E-state index is -0.863. The molecule has 1 saturated heterocycles. The largest absolute Gasteiger partial charge is 0.504 e. The maximum absolute atomic E-state index is 12.2. The molecule has 6 heteroatoms.